The molecule has 0 radical (unpaired) electrons. The number of halogens is 1. The summed E-state index contributed by atoms with van der Waals surface area (Å²) in [5.41, 5.74) is 2.83. The van der Waals surface area contributed by atoms with Crippen LogP contribution in [0.15, 0.2) is 48.5 Å². The van der Waals surface area contributed by atoms with E-state index >= 15 is 0 Å². The third-order valence-electron chi connectivity index (χ3n) is 8.43. The predicted molar refractivity (Wildman–Crippen MR) is 157 cm³/mol. The zero-order valence-electron chi connectivity index (χ0n) is 24.2. The van der Waals surface area contributed by atoms with Crippen molar-refractivity contribution in [3.63, 3.8) is 0 Å². The number of benzene rings is 2. The van der Waals surface area contributed by atoms with Gasteiger partial charge in [0.25, 0.3) is 0 Å². The summed E-state index contributed by atoms with van der Waals surface area (Å²) in [6, 6.07) is 15.4. The lowest BCUT2D eigenvalue weighted by Crippen LogP contribution is -2.57. The molecule has 3 aliphatic heterocycles. The van der Waals surface area contributed by atoms with Crippen molar-refractivity contribution in [1.29, 1.82) is 5.26 Å². The molecule has 11 nitrogen and oxygen atoms in total. The van der Waals surface area contributed by atoms with Gasteiger partial charge in [-0.3, -0.25) is 4.90 Å². The van der Waals surface area contributed by atoms with E-state index in [4.69, 9.17) is 34.2 Å². The number of imidazole rings is 1. The van der Waals surface area contributed by atoms with E-state index in [1.54, 1.807) is 24.3 Å². The van der Waals surface area contributed by atoms with E-state index in [-0.39, 0.29) is 30.3 Å². The van der Waals surface area contributed by atoms with E-state index in [1.165, 1.54) is 13.2 Å². The number of hydrogen-bond donors (Lipinski definition) is 0. The van der Waals surface area contributed by atoms with Crippen LogP contribution in [-0.4, -0.2) is 77.5 Å². The molecule has 226 valence electrons. The Morgan fingerprint density at radius 3 is 2.82 bits per heavy atom. The van der Waals surface area contributed by atoms with Crippen molar-refractivity contribution in [1.82, 2.24) is 19.4 Å². The zero-order chi connectivity index (χ0) is 30.2. The number of anilines is 1. The number of methoxy groups -OCH3 is 1. The first-order chi connectivity index (χ1) is 21.5. The molecule has 4 aromatic rings. The van der Waals surface area contributed by atoms with Gasteiger partial charge in [0.05, 0.1) is 60.6 Å². The van der Waals surface area contributed by atoms with Gasteiger partial charge in [-0.15, -0.1) is 0 Å². The van der Waals surface area contributed by atoms with Crippen molar-refractivity contribution in [2.24, 2.45) is 0 Å². The molecule has 0 N–H and O–H groups in total. The van der Waals surface area contributed by atoms with Gasteiger partial charge in [0.2, 0.25) is 5.88 Å². The molecule has 0 aliphatic carbocycles. The summed E-state index contributed by atoms with van der Waals surface area (Å²) in [7, 11) is 1.38. The topological polar surface area (TPSA) is 115 Å². The lowest BCUT2D eigenvalue weighted by molar-refractivity contribution is -0.0592. The Bertz CT molecular complexity index is 1770. The third-order valence-corrected chi connectivity index (χ3v) is 8.43. The number of hydrogen-bond acceptors (Lipinski definition) is 10. The van der Waals surface area contributed by atoms with E-state index in [0.717, 1.165) is 49.5 Å². The number of pyridine rings is 1. The van der Waals surface area contributed by atoms with Crippen LogP contribution in [0.4, 0.5) is 10.2 Å². The van der Waals surface area contributed by atoms with E-state index in [1.807, 2.05) is 24.3 Å². The molecular weight excluding hydrogens is 567 g/mol. The zero-order valence-corrected chi connectivity index (χ0v) is 24.2. The molecule has 5 heterocycles. The van der Waals surface area contributed by atoms with Gasteiger partial charge in [0, 0.05) is 37.9 Å². The molecule has 0 bridgehead atoms. The Balaban J connectivity index is 1.06. The number of rotatable bonds is 8. The second kappa shape index (κ2) is 11.7. The fourth-order valence-corrected chi connectivity index (χ4v) is 5.95. The van der Waals surface area contributed by atoms with Gasteiger partial charge in [-0.25, -0.2) is 14.2 Å². The minimum atomic E-state index is -0.487. The standard InChI is InChI=1S/C32H31FN6O5/c1-41-32(40)21-4-5-26-27(13-21)39(16-24-8-11-42-24)29(35-26)17-37-9-10-38-23(15-37)19-43-28-6-7-30(36-31(28)38)44-18-22-3-2-20(14-34)12-25(22)33/h2-7,12-13,23-24H,8-11,15-19H2,1H3/t23-,24+/m1/s1. The monoisotopic (exact) mass is 598 g/mol. The van der Waals surface area contributed by atoms with Gasteiger partial charge >= 0.3 is 5.97 Å². The van der Waals surface area contributed by atoms with Crippen molar-refractivity contribution < 1.29 is 28.1 Å². The molecule has 0 unspecified atom stereocenters. The van der Waals surface area contributed by atoms with Crippen LogP contribution in [0, 0.1) is 17.1 Å². The maximum atomic E-state index is 14.3. The molecule has 2 fully saturated rings. The van der Waals surface area contributed by atoms with Gasteiger partial charge in [-0.1, -0.05) is 6.07 Å². The Morgan fingerprint density at radius 1 is 1.16 bits per heavy atom. The fraction of sp³-hybridized carbons (Fsp3) is 0.375. The number of nitrogens with zero attached hydrogens (tertiary/aromatic N) is 6. The van der Waals surface area contributed by atoms with Crippen LogP contribution in [0.25, 0.3) is 11.0 Å². The van der Waals surface area contributed by atoms with Crippen LogP contribution < -0.4 is 14.4 Å². The van der Waals surface area contributed by atoms with Gasteiger partial charge in [-0.2, -0.15) is 10.2 Å². The highest BCUT2D eigenvalue weighted by atomic mass is 19.1. The van der Waals surface area contributed by atoms with Gasteiger partial charge < -0.3 is 28.4 Å². The van der Waals surface area contributed by atoms with Crippen molar-refractivity contribution in [2.75, 3.05) is 44.9 Å². The molecule has 0 amide bonds. The number of nitriles is 1. The van der Waals surface area contributed by atoms with E-state index in [0.29, 0.717) is 48.3 Å². The molecule has 2 aromatic carbocycles. The molecule has 12 heteroatoms. The average molecular weight is 599 g/mol. The summed E-state index contributed by atoms with van der Waals surface area (Å²) in [4.78, 5) is 26.5. The summed E-state index contributed by atoms with van der Waals surface area (Å²) in [5.74, 6) is 1.83. The summed E-state index contributed by atoms with van der Waals surface area (Å²) in [5, 5.41) is 8.98. The Kier molecular flexibility index (Phi) is 7.49. The van der Waals surface area contributed by atoms with Crippen molar-refractivity contribution in [2.45, 2.75) is 38.3 Å². The van der Waals surface area contributed by atoms with Crippen LogP contribution in [0.2, 0.25) is 0 Å². The second-order valence-electron chi connectivity index (χ2n) is 11.2. The van der Waals surface area contributed by atoms with Gasteiger partial charge in [0.1, 0.15) is 24.9 Å². The number of carbonyl (C=O) groups is 1. The highest BCUT2D eigenvalue weighted by Gasteiger charge is 2.35. The predicted octanol–water partition coefficient (Wildman–Crippen LogP) is 3.68. The van der Waals surface area contributed by atoms with E-state index < -0.39 is 5.82 Å². The first kappa shape index (κ1) is 28.1. The molecule has 2 aromatic heterocycles. The van der Waals surface area contributed by atoms with Crippen molar-refractivity contribution >= 4 is 22.8 Å². The second-order valence-corrected chi connectivity index (χ2v) is 11.2. The van der Waals surface area contributed by atoms with Crippen LogP contribution in [0.5, 0.6) is 11.6 Å². The molecule has 44 heavy (non-hydrogen) atoms. The van der Waals surface area contributed by atoms with Crippen LogP contribution >= 0.6 is 0 Å². The highest BCUT2D eigenvalue weighted by molar-refractivity contribution is 5.93. The smallest absolute Gasteiger partial charge is 0.337 e. The minimum Gasteiger partial charge on any atom is -0.488 e. The molecule has 2 atom stereocenters. The fourth-order valence-electron chi connectivity index (χ4n) is 5.95. The Labute approximate surface area is 253 Å². The summed E-state index contributed by atoms with van der Waals surface area (Å²) in [6.45, 7) is 4.87. The van der Waals surface area contributed by atoms with Gasteiger partial charge in [0.15, 0.2) is 11.6 Å². The molecule has 3 aliphatic rings. The van der Waals surface area contributed by atoms with Gasteiger partial charge in [-0.05, 0) is 42.8 Å². The SMILES string of the molecule is COC(=O)c1ccc2nc(CN3CCN4c5nc(OCc6ccc(C#N)cc6F)ccc5OC[C@H]4C3)n(C[C@@H]3CCO3)c2c1. The quantitative estimate of drug-likeness (QED) is 0.278. The number of aromatic nitrogens is 3. The van der Waals surface area contributed by atoms with Crippen LogP contribution in [0.3, 0.4) is 0 Å². The molecule has 2 saturated heterocycles. The summed E-state index contributed by atoms with van der Waals surface area (Å²) >= 11 is 0. The average Bonchev–Trinajstić information content (AvgIpc) is 3.36. The molecular formula is C32H31FN6O5. The van der Waals surface area contributed by atoms with Crippen LogP contribution in [-0.2, 0) is 29.2 Å². The molecule has 0 spiro atoms. The number of esters is 1. The number of fused-ring (bicyclic) bond motifs is 4. The maximum absolute atomic E-state index is 14.3. The lowest BCUT2D eigenvalue weighted by Gasteiger charge is -2.44. The van der Waals surface area contributed by atoms with Crippen molar-refractivity contribution in [3.8, 4) is 17.7 Å². The summed E-state index contributed by atoms with van der Waals surface area (Å²) < 4.78 is 39.1. The number of carbonyl (C=O) groups excluding carboxylic acids is 1. The Hall–Kier alpha value is -4.73. The first-order valence-corrected chi connectivity index (χ1v) is 14.6. The number of piperazine rings is 1. The molecule has 0 saturated carbocycles. The first-order valence-electron chi connectivity index (χ1n) is 14.6. The van der Waals surface area contributed by atoms with Crippen LogP contribution in [0.1, 0.15) is 33.7 Å². The van der Waals surface area contributed by atoms with E-state index in [2.05, 4.69) is 14.4 Å². The minimum absolute atomic E-state index is 0.00455. The van der Waals surface area contributed by atoms with Crippen molar-refractivity contribution in [3.05, 3.63) is 76.9 Å². The largest absolute Gasteiger partial charge is 0.488 e. The molecule has 7 rings (SSSR count). The Morgan fingerprint density at radius 2 is 2.05 bits per heavy atom. The maximum Gasteiger partial charge on any atom is 0.337 e. The normalized spacial score (nSPS) is 19.3. The number of ether oxygens (including phenoxy) is 4. The van der Waals surface area contributed by atoms with E-state index in [9.17, 15) is 9.18 Å². The highest BCUT2D eigenvalue weighted by Crippen LogP contribution is 2.36. The lowest BCUT2D eigenvalue weighted by atomic mass is 10.1. The third kappa shape index (κ3) is 5.40. The summed E-state index contributed by atoms with van der Waals surface area (Å²) in [6.07, 6.45) is 1.12.